The fraction of sp³-hybridized carbons (Fsp3) is 0.353. The van der Waals surface area contributed by atoms with Crippen LogP contribution in [0.15, 0.2) is 23.4 Å². The van der Waals surface area contributed by atoms with Gasteiger partial charge < -0.3 is 10.1 Å². The molecule has 9 nitrogen and oxygen atoms in total. The molecule has 0 saturated carbocycles. The maximum Gasteiger partial charge on any atom is 0.234 e. The molecule has 0 atom stereocenters. The molecule has 0 spiro atoms. The molecule has 3 aromatic rings. The normalized spacial score (nSPS) is 10.9. The predicted molar refractivity (Wildman–Crippen MR) is 102 cm³/mol. The molecule has 142 valence electrons. The van der Waals surface area contributed by atoms with Crippen molar-refractivity contribution in [3.63, 3.8) is 0 Å². The Morgan fingerprint density at radius 1 is 1.30 bits per heavy atom. The number of aryl methyl sites for hydroxylation is 3. The number of rotatable bonds is 6. The van der Waals surface area contributed by atoms with E-state index in [0.717, 1.165) is 28.3 Å². The second-order valence-electron chi connectivity index (χ2n) is 6.05. The first-order valence-corrected chi connectivity index (χ1v) is 9.25. The zero-order chi connectivity index (χ0) is 19.6. The summed E-state index contributed by atoms with van der Waals surface area (Å²) in [5, 5.41) is 19.5. The van der Waals surface area contributed by atoms with Gasteiger partial charge >= 0.3 is 0 Å². The van der Waals surface area contributed by atoms with Gasteiger partial charge in [0.2, 0.25) is 11.1 Å². The molecule has 10 heteroatoms. The van der Waals surface area contributed by atoms with Crippen molar-refractivity contribution >= 4 is 23.4 Å². The highest BCUT2D eigenvalue weighted by Crippen LogP contribution is 2.27. The van der Waals surface area contributed by atoms with Crippen LogP contribution in [0, 0.1) is 20.8 Å². The summed E-state index contributed by atoms with van der Waals surface area (Å²) in [6.07, 6.45) is 0. The van der Waals surface area contributed by atoms with E-state index in [4.69, 9.17) is 4.74 Å². The minimum absolute atomic E-state index is 0.148. The quantitative estimate of drug-likeness (QED) is 0.646. The molecule has 0 fully saturated rings. The van der Waals surface area contributed by atoms with E-state index in [2.05, 4.69) is 25.9 Å². The number of nitrogens with one attached hydrogen (secondary N) is 1. The van der Waals surface area contributed by atoms with Crippen LogP contribution in [-0.4, -0.2) is 48.8 Å². The summed E-state index contributed by atoms with van der Waals surface area (Å²) in [4.78, 5) is 12.4. The largest absolute Gasteiger partial charge is 0.494 e. The van der Waals surface area contributed by atoms with Crippen LogP contribution in [0.25, 0.3) is 5.69 Å². The summed E-state index contributed by atoms with van der Waals surface area (Å²) < 4.78 is 8.71. The zero-order valence-corrected chi connectivity index (χ0v) is 16.7. The van der Waals surface area contributed by atoms with Crippen LogP contribution in [0.1, 0.15) is 17.0 Å². The molecule has 0 unspecified atom stereocenters. The minimum atomic E-state index is -0.148. The lowest BCUT2D eigenvalue weighted by atomic mass is 10.2. The van der Waals surface area contributed by atoms with E-state index < -0.39 is 0 Å². The Hall–Kier alpha value is -2.88. The Bertz CT molecular complexity index is 980. The Morgan fingerprint density at radius 2 is 2.07 bits per heavy atom. The SMILES string of the molecule is COc1ccc(C)cc1-n1nnnc1SCC(=O)Nc1c(C)nn(C)c1C. The molecular formula is C17H21N7O2S. The van der Waals surface area contributed by atoms with Crippen LogP contribution in [0.5, 0.6) is 5.75 Å². The summed E-state index contributed by atoms with van der Waals surface area (Å²) in [5.41, 5.74) is 4.20. The number of thioether (sulfide) groups is 1. The molecule has 0 aliphatic heterocycles. The average Bonchev–Trinajstić information content (AvgIpc) is 3.20. The van der Waals surface area contributed by atoms with Crippen LogP contribution in [0.2, 0.25) is 0 Å². The van der Waals surface area contributed by atoms with Gasteiger partial charge in [-0.15, -0.1) is 5.10 Å². The second-order valence-corrected chi connectivity index (χ2v) is 7.00. The smallest absolute Gasteiger partial charge is 0.234 e. The molecule has 2 heterocycles. The van der Waals surface area contributed by atoms with Crippen molar-refractivity contribution in [2.75, 3.05) is 18.2 Å². The van der Waals surface area contributed by atoms with Crippen LogP contribution in [0.4, 0.5) is 5.69 Å². The highest BCUT2D eigenvalue weighted by molar-refractivity contribution is 7.99. The van der Waals surface area contributed by atoms with Crippen molar-refractivity contribution in [2.24, 2.45) is 7.05 Å². The number of anilines is 1. The van der Waals surface area contributed by atoms with Gasteiger partial charge in [-0.25, -0.2) is 0 Å². The predicted octanol–water partition coefficient (Wildman–Crippen LogP) is 2.06. The van der Waals surface area contributed by atoms with Crippen LogP contribution >= 0.6 is 11.8 Å². The second kappa shape index (κ2) is 7.78. The Labute approximate surface area is 161 Å². The first-order valence-electron chi connectivity index (χ1n) is 8.27. The van der Waals surface area contributed by atoms with Crippen molar-refractivity contribution in [1.82, 2.24) is 30.0 Å². The van der Waals surface area contributed by atoms with Gasteiger partial charge in [0.05, 0.1) is 29.9 Å². The number of benzene rings is 1. The van der Waals surface area contributed by atoms with E-state index in [1.165, 1.54) is 11.8 Å². The summed E-state index contributed by atoms with van der Waals surface area (Å²) in [6, 6.07) is 5.74. The lowest BCUT2D eigenvalue weighted by molar-refractivity contribution is -0.113. The van der Waals surface area contributed by atoms with Crippen molar-refractivity contribution in [3.8, 4) is 11.4 Å². The number of hydrogen-bond donors (Lipinski definition) is 1. The number of nitrogens with zero attached hydrogens (tertiary/aromatic N) is 6. The molecule has 1 amide bonds. The molecule has 0 aliphatic carbocycles. The maximum absolute atomic E-state index is 12.4. The minimum Gasteiger partial charge on any atom is -0.494 e. The summed E-state index contributed by atoms with van der Waals surface area (Å²) in [7, 11) is 3.44. The van der Waals surface area contributed by atoms with Gasteiger partial charge in [0.15, 0.2) is 0 Å². The van der Waals surface area contributed by atoms with Crippen LogP contribution in [0.3, 0.4) is 0 Å². The van der Waals surface area contributed by atoms with Gasteiger partial charge in [-0.3, -0.25) is 9.48 Å². The number of carbonyl (C=O) groups excluding carboxylic acids is 1. The average molecular weight is 387 g/mol. The molecule has 1 aromatic carbocycles. The third-order valence-electron chi connectivity index (χ3n) is 4.11. The fourth-order valence-corrected chi connectivity index (χ4v) is 3.33. The van der Waals surface area contributed by atoms with Crippen LogP contribution < -0.4 is 10.1 Å². The Balaban J connectivity index is 1.74. The van der Waals surface area contributed by atoms with Gasteiger partial charge in [-0.1, -0.05) is 17.8 Å². The molecule has 1 N–H and O–H groups in total. The van der Waals surface area contributed by atoms with E-state index in [0.29, 0.717) is 10.9 Å². The molecule has 2 aromatic heterocycles. The van der Waals surface area contributed by atoms with Crippen molar-refractivity contribution < 1.29 is 9.53 Å². The number of carbonyl (C=O) groups is 1. The van der Waals surface area contributed by atoms with Crippen molar-refractivity contribution in [3.05, 3.63) is 35.2 Å². The number of hydrogen-bond acceptors (Lipinski definition) is 7. The zero-order valence-electron chi connectivity index (χ0n) is 15.8. The maximum atomic E-state index is 12.4. The van der Waals surface area contributed by atoms with E-state index in [1.54, 1.807) is 16.5 Å². The van der Waals surface area contributed by atoms with Crippen molar-refractivity contribution in [1.29, 1.82) is 0 Å². The van der Waals surface area contributed by atoms with Gasteiger partial charge in [0.1, 0.15) is 11.4 Å². The molecular weight excluding hydrogens is 366 g/mol. The standard InChI is InChI=1S/C17H21N7O2S/c1-10-6-7-14(26-5)13(8-10)24-17(19-21-22-24)27-9-15(25)18-16-11(2)20-23(4)12(16)3/h6-8H,9H2,1-5H3,(H,18,25). The first kappa shape index (κ1) is 18.9. The molecule has 0 radical (unpaired) electrons. The van der Waals surface area contributed by atoms with Gasteiger partial charge in [-0.2, -0.15) is 9.78 Å². The van der Waals surface area contributed by atoms with E-state index >= 15 is 0 Å². The first-order chi connectivity index (χ1) is 12.9. The fourth-order valence-electron chi connectivity index (χ4n) is 2.65. The van der Waals surface area contributed by atoms with Gasteiger partial charge in [-0.05, 0) is 48.9 Å². The lowest BCUT2D eigenvalue weighted by Crippen LogP contribution is -2.16. The highest BCUT2D eigenvalue weighted by atomic mass is 32.2. The molecule has 0 aliphatic rings. The molecule has 27 heavy (non-hydrogen) atoms. The van der Waals surface area contributed by atoms with E-state index in [1.807, 2.05) is 46.0 Å². The summed E-state index contributed by atoms with van der Waals surface area (Å²) in [5.74, 6) is 0.674. The number of methoxy groups -OCH3 is 1. The number of ether oxygens (including phenoxy) is 1. The lowest BCUT2D eigenvalue weighted by Gasteiger charge is -2.10. The third-order valence-corrected chi connectivity index (χ3v) is 5.03. The Kier molecular flexibility index (Phi) is 5.45. The van der Waals surface area contributed by atoms with Gasteiger partial charge in [0, 0.05) is 7.05 Å². The summed E-state index contributed by atoms with van der Waals surface area (Å²) >= 11 is 1.25. The number of aromatic nitrogens is 6. The molecule has 0 bridgehead atoms. The van der Waals surface area contributed by atoms with Crippen molar-refractivity contribution in [2.45, 2.75) is 25.9 Å². The summed E-state index contributed by atoms with van der Waals surface area (Å²) in [6.45, 7) is 5.75. The number of amides is 1. The Morgan fingerprint density at radius 3 is 2.74 bits per heavy atom. The van der Waals surface area contributed by atoms with Crippen LogP contribution in [-0.2, 0) is 11.8 Å². The third kappa shape index (κ3) is 3.95. The molecule has 3 rings (SSSR count). The monoisotopic (exact) mass is 387 g/mol. The molecule has 0 saturated heterocycles. The van der Waals surface area contributed by atoms with E-state index in [9.17, 15) is 4.79 Å². The number of tetrazole rings is 1. The highest BCUT2D eigenvalue weighted by Gasteiger charge is 2.17. The topological polar surface area (TPSA) is 99.8 Å². The van der Waals surface area contributed by atoms with E-state index in [-0.39, 0.29) is 11.7 Å². The van der Waals surface area contributed by atoms with Gasteiger partial charge in [0.25, 0.3) is 0 Å².